The summed E-state index contributed by atoms with van der Waals surface area (Å²) in [5.74, 6) is -1.75. The number of carboxylic acids is 1. The summed E-state index contributed by atoms with van der Waals surface area (Å²) in [5.41, 5.74) is 0.731. The quantitative estimate of drug-likeness (QED) is 0.692. The molecule has 0 spiro atoms. The number of hydrogen-bond donors (Lipinski definition) is 1. The van der Waals surface area contributed by atoms with E-state index in [2.05, 4.69) is 20.9 Å². The van der Waals surface area contributed by atoms with Gasteiger partial charge in [-0.2, -0.15) is 4.99 Å². The number of carboxylic acid groups (broad SMARTS) is 1. The van der Waals surface area contributed by atoms with E-state index < -0.39 is 34.9 Å². The lowest BCUT2D eigenvalue weighted by atomic mass is 10.2. The molecule has 2 aliphatic rings. The lowest BCUT2D eigenvalue weighted by Crippen LogP contribution is -2.37. The molecule has 0 bridgehead atoms. The smallest absolute Gasteiger partial charge is 0.329 e. The molecule has 0 aromatic heterocycles. The third kappa shape index (κ3) is 4.45. The number of benzene rings is 1. The molecule has 0 saturated carbocycles. The molecular weight excluding hydrogens is 448 g/mol. The molecule has 1 aromatic carbocycles. The third-order valence-electron chi connectivity index (χ3n) is 3.82. The van der Waals surface area contributed by atoms with Gasteiger partial charge in [-0.3, -0.25) is 4.79 Å². The van der Waals surface area contributed by atoms with Crippen LogP contribution in [0.2, 0.25) is 0 Å². The Morgan fingerprint density at radius 2 is 2.12 bits per heavy atom. The van der Waals surface area contributed by atoms with Crippen molar-refractivity contribution < 1.29 is 27.9 Å². The average molecular weight is 463 g/mol. The van der Waals surface area contributed by atoms with Crippen LogP contribution in [0.1, 0.15) is 0 Å². The maximum Gasteiger partial charge on any atom is 0.329 e. The van der Waals surface area contributed by atoms with Gasteiger partial charge in [0, 0.05) is 15.4 Å². The van der Waals surface area contributed by atoms with Crippen molar-refractivity contribution in [1.82, 2.24) is 0 Å². The maximum atomic E-state index is 12.0. The third-order valence-corrected chi connectivity index (χ3v) is 7.53. The first-order valence-corrected chi connectivity index (χ1v) is 11.1. The number of amidine groups is 1. The summed E-state index contributed by atoms with van der Waals surface area (Å²) in [4.78, 5) is 28.2. The largest absolute Gasteiger partial charge is 0.480 e. The molecule has 2 aliphatic heterocycles. The van der Waals surface area contributed by atoms with Crippen LogP contribution in [-0.2, 0) is 24.2 Å². The second kappa shape index (κ2) is 7.67. The van der Waals surface area contributed by atoms with Gasteiger partial charge in [-0.05, 0) is 18.2 Å². The average Bonchev–Trinajstić information content (AvgIpc) is 2.97. The highest BCUT2D eigenvalue weighted by molar-refractivity contribution is 9.10. The van der Waals surface area contributed by atoms with Crippen molar-refractivity contribution in [3.05, 3.63) is 28.7 Å². The van der Waals surface area contributed by atoms with Crippen molar-refractivity contribution in [2.24, 2.45) is 4.99 Å². The summed E-state index contributed by atoms with van der Waals surface area (Å²) in [7, 11) is -3.14. The van der Waals surface area contributed by atoms with Crippen LogP contribution in [0.4, 0.5) is 5.69 Å². The number of rotatable bonds is 5. The minimum absolute atomic E-state index is 0.0000946. The number of carbonyl (C=O) groups is 2. The summed E-state index contributed by atoms with van der Waals surface area (Å²) in [6, 6.07) is 7.01. The zero-order valence-electron chi connectivity index (χ0n) is 13.4. The van der Waals surface area contributed by atoms with Gasteiger partial charge in [0.15, 0.2) is 15.0 Å². The highest BCUT2D eigenvalue weighted by Crippen LogP contribution is 2.41. The van der Waals surface area contributed by atoms with Gasteiger partial charge in [0.05, 0.1) is 17.5 Å². The highest BCUT2D eigenvalue weighted by atomic mass is 79.9. The Kier molecular flexibility index (Phi) is 5.70. The van der Waals surface area contributed by atoms with Crippen molar-refractivity contribution in [3.8, 4) is 0 Å². The van der Waals surface area contributed by atoms with Crippen LogP contribution in [-0.4, -0.2) is 66.6 Å². The van der Waals surface area contributed by atoms with Gasteiger partial charge in [-0.15, -0.1) is 0 Å². The first-order chi connectivity index (χ1) is 12.2. The first-order valence-electron chi connectivity index (χ1n) is 7.58. The molecule has 11 heteroatoms. The number of sulfone groups is 1. The van der Waals surface area contributed by atoms with Crippen molar-refractivity contribution >= 4 is 60.3 Å². The second-order valence-corrected chi connectivity index (χ2v) is 10.1. The van der Waals surface area contributed by atoms with Crippen LogP contribution in [0, 0.1) is 0 Å². The lowest BCUT2D eigenvalue weighted by Gasteiger charge is -2.24. The summed E-state index contributed by atoms with van der Waals surface area (Å²) in [5, 5.41) is 8.74. The molecule has 2 saturated heterocycles. The summed E-state index contributed by atoms with van der Waals surface area (Å²) in [6.45, 7) is -1.03. The Labute approximate surface area is 162 Å². The predicted octanol–water partition coefficient (Wildman–Crippen LogP) is 1.15. The fraction of sp³-hybridized carbons (Fsp3) is 0.400. The van der Waals surface area contributed by atoms with Crippen LogP contribution in [0.3, 0.4) is 0 Å². The summed E-state index contributed by atoms with van der Waals surface area (Å²) < 4.78 is 29.6. The standard InChI is InChI=1S/C15H15BrN2O6S2/c16-9-2-1-3-10(4-9)18-11-7-26(22,23)8-12(11)25-15(18)17-13(19)5-24-6-14(20)21/h1-4,11-12H,5-8H2,(H,20,21). The fourth-order valence-corrected chi connectivity index (χ4v) is 7.18. The minimum atomic E-state index is -3.14. The number of nitrogens with zero attached hydrogens (tertiary/aromatic N) is 2. The van der Waals surface area contributed by atoms with Crippen molar-refractivity contribution in [1.29, 1.82) is 0 Å². The first kappa shape index (κ1) is 19.3. The van der Waals surface area contributed by atoms with Crippen LogP contribution in [0.25, 0.3) is 0 Å². The molecule has 2 heterocycles. The number of aliphatic imine (C=N–C) groups is 1. The second-order valence-electron chi connectivity index (χ2n) is 5.83. The number of amides is 1. The molecular formula is C15H15BrN2O6S2. The summed E-state index contributed by atoms with van der Waals surface area (Å²) >= 11 is 4.64. The number of halogens is 1. The Bertz CT molecular complexity index is 873. The molecule has 0 radical (unpaired) electrons. The Morgan fingerprint density at radius 3 is 2.81 bits per heavy atom. The Morgan fingerprint density at radius 1 is 1.35 bits per heavy atom. The van der Waals surface area contributed by atoms with Gasteiger partial charge >= 0.3 is 5.97 Å². The number of aliphatic carboxylic acids is 1. The molecule has 1 N–H and O–H groups in total. The van der Waals surface area contributed by atoms with Gasteiger partial charge in [-0.25, -0.2) is 13.2 Å². The van der Waals surface area contributed by atoms with Gasteiger partial charge in [0.25, 0.3) is 5.91 Å². The van der Waals surface area contributed by atoms with Crippen molar-refractivity contribution in [3.63, 3.8) is 0 Å². The van der Waals surface area contributed by atoms with E-state index in [1.807, 2.05) is 24.3 Å². The molecule has 2 atom stereocenters. The van der Waals surface area contributed by atoms with Crippen LogP contribution in [0.5, 0.6) is 0 Å². The predicted molar refractivity (Wildman–Crippen MR) is 101 cm³/mol. The topological polar surface area (TPSA) is 113 Å². The maximum absolute atomic E-state index is 12.0. The highest BCUT2D eigenvalue weighted by Gasteiger charge is 2.49. The monoisotopic (exact) mass is 462 g/mol. The molecule has 140 valence electrons. The van der Waals surface area contributed by atoms with Crippen LogP contribution >= 0.6 is 27.7 Å². The van der Waals surface area contributed by atoms with E-state index in [1.54, 1.807) is 4.90 Å². The molecule has 1 amide bonds. The van der Waals surface area contributed by atoms with E-state index in [9.17, 15) is 18.0 Å². The molecule has 26 heavy (non-hydrogen) atoms. The molecule has 2 unspecified atom stereocenters. The fourth-order valence-electron chi connectivity index (χ4n) is 2.86. The van der Waals surface area contributed by atoms with Gasteiger partial charge in [0.2, 0.25) is 0 Å². The van der Waals surface area contributed by atoms with Gasteiger partial charge in [-0.1, -0.05) is 33.8 Å². The zero-order chi connectivity index (χ0) is 18.9. The van der Waals surface area contributed by atoms with Crippen LogP contribution in [0.15, 0.2) is 33.7 Å². The number of hydrogen-bond acceptors (Lipinski definition) is 6. The minimum Gasteiger partial charge on any atom is -0.480 e. The van der Waals surface area contributed by atoms with Crippen molar-refractivity contribution in [2.75, 3.05) is 29.6 Å². The molecule has 1 aromatic rings. The van der Waals surface area contributed by atoms with Crippen LogP contribution < -0.4 is 4.90 Å². The Hall–Kier alpha value is -1.43. The number of fused-ring (bicyclic) bond motifs is 1. The van der Waals surface area contributed by atoms with Crippen molar-refractivity contribution in [2.45, 2.75) is 11.3 Å². The van der Waals surface area contributed by atoms with Gasteiger partial charge in [0.1, 0.15) is 13.2 Å². The molecule has 2 fully saturated rings. The number of thioether (sulfide) groups is 1. The number of anilines is 1. The van der Waals surface area contributed by atoms with E-state index in [0.717, 1.165) is 10.2 Å². The number of ether oxygens (including phenoxy) is 1. The lowest BCUT2D eigenvalue weighted by molar-refractivity contribution is -0.143. The molecule has 3 rings (SSSR count). The van der Waals surface area contributed by atoms with E-state index in [-0.39, 0.29) is 22.8 Å². The van der Waals surface area contributed by atoms with Gasteiger partial charge < -0.3 is 14.7 Å². The zero-order valence-corrected chi connectivity index (χ0v) is 16.6. The van der Waals surface area contributed by atoms with E-state index in [4.69, 9.17) is 9.84 Å². The van der Waals surface area contributed by atoms with E-state index in [0.29, 0.717) is 5.17 Å². The molecule has 8 nitrogen and oxygen atoms in total. The van der Waals surface area contributed by atoms with E-state index >= 15 is 0 Å². The molecule has 0 aliphatic carbocycles. The summed E-state index contributed by atoms with van der Waals surface area (Å²) in [6.07, 6.45) is 0. The normalized spacial score (nSPS) is 25.4. The Balaban J connectivity index is 1.85. The SMILES string of the molecule is O=C(O)COCC(=O)N=C1SC2CS(=O)(=O)CC2N1c1cccc(Br)c1. The number of carbonyl (C=O) groups excluding carboxylic acids is 1. The van der Waals surface area contributed by atoms with E-state index in [1.165, 1.54) is 11.8 Å².